The van der Waals surface area contributed by atoms with E-state index in [2.05, 4.69) is 50.2 Å². The van der Waals surface area contributed by atoms with Gasteiger partial charge in [0.15, 0.2) is 5.11 Å². The molecule has 0 amide bonds. The molecule has 4 rings (SSSR count). The number of benzene rings is 1. The second kappa shape index (κ2) is 6.85. The molecule has 0 bridgehead atoms. The van der Waals surface area contributed by atoms with E-state index in [4.69, 9.17) is 16.6 Å². The molecule has 4 nitrogen and oxygen atoms in total. The number of anilines is 1. The van der Waals surface area contributed by atoms with Crippen molar-refractivity contribution in [3.05, 3.63) is 82.0 Å². The molecule has 2 aromatic heterocycles. The smallest absolute Gasteiger partial charge is 0.174 e. The molecule has 1 fully saturated rings. The van der Waals surface area contributed by atoms with Gasteiger partial charge in [-0.25, -0.2) is 0 Å². The molecule has 0 spiro atoms. The molecule has 0 saturated carbocycles. The fraction of sp³-hybridized carbons (Fsp3) is 0.200. The highest BCUT2D eigenvalue weighted by Gasteiger charge is 2.42. The lowest BCUT2D eigenvalue weighted by Gasteiger charge is -2.26. The van der Waals surface area contributed by atoms with E-state index in [0.29, 0.717) is 5.11 Å². The molecule has 26 heavy (non-hydrogen) atoms. The van der Waals surface area contributed by atoms with Gasteiger partial charge in [-0.05, 0) is 74.1 Å². The minimum atomic E-state index is -0.105. The zero-order valence-corrected chi connectivity index (χ0v) is 16.8. The van der Waals surface area contributed by atoms with Gasteiger partial charge in [0, 0.05) is 16.4 Å². The van der Waals surface area contributed by atoms with Crippen LogP contribution >= 0.6 is 28.1 Å². The molecule has 0 aliphatic carbocycles. The summed E-state index contributed by atoms with van der Waals surface area (Å²) in [5.74, 6) is 1.75. The number of halogens is 1. The molecule has 6 heteroatoms. The second-order valence-corrected chi connectivity index (χ2v) is 7.62. The van der Waals surface area contributed by atoms with Crippen molar-refractivity contribution in [1.82, 2.24) is 10.3 Å². The summed E-state index contributed by atoms with van der Waals surface area (Å²) in [6, 6.07) is 16.0. The van der Waals surface area contributed by atoms with E-state index in [9.17, 15) is 0 Å². The number of aryl methyl sites for hydroxylation is 2. The number of furan rings is 1. The van der Waals surface area contributed by atoms with Crippen molar-refractivity contribution in [2.75, 3.05) is 4.90 Å². The Morgan fingerprint density at radius 1 is 1.15 bits per heavy atom. The van der Waals surface area contributed by atoms with E-state index in [1.807, 2.05) is 43.3 Å². The van der Waals surface area contributed by atoms with Crippen molar-refractivity contribution in [2.45, 2.75) is 25.9 Å². The van der Waals surface area contributed by atoms with Crippen LogP contribution in [0.1, 0.15) is 34.9 Å². The third kappa shape index (κ3) is 3.04. The van der Waals surface area contributed by atoms with Crippen molar-refractivity contribution in [3.8, 4) is 0 Å². The van der Waals surface area contributed by atoms with Crippen LogP contribution in [0, 0.1) is 13.8 Å². The number of rotatable bonds is 3. The Kier molecular flexibility index (Phi) is 4.54. The summed E-state index contributed by atoms with van der Waals surface area (Å²) in [6.07, 6.45) is 1.80. The fourth-order valence-electron chi connectivity index (χ4n) is 3.31. The summed E-state index contributed by atoms with van der Waals surface area (Å²) in [6.45, 7) is 4.02. The van der Waals surface area contributed by atoms with Gasteiger partial charge in [0.2, 0.25) is 0 Å². The number of nitrogens with one attached hydrogen (secondary N) is 1. The SMILES string of the molecule is Cc1ccc(C2C(c3ccccn3)NC(=S)N2c2ccc(Br)c(C)c2)o1. The molecule has 0 radical (unpaired) electrons. The first-order chi connectivity index (χ1) is 12.5. The molecular weight excluding hydrogens is 410 g/mol. The monoisotopic (exact) mass is 427 g/mol. The van der Waals surface area contributed by atoms with Gasteiger partial charge in [-0.3, -0.25) is 4.98 Å². The van der Waals surface area contributed by atoms with Crippen LogP contribution in [-0.2, 0) is 0 Å². The molecule has 1 saturated heterocycles. The van der Waals surface area contributed by atoms with Crippen molar-refractivity contribution in [1.29, 1.82) is 0 Å². The highest BCUT2D eigenvalue weighted by Crippen LogP contribution is 2.42. The fourth-order valence-corrected chi connectivity index (χ4v) is 3.91. The van der Waals surface area contributed by atoms with Gasteiger partial charge < -0.3 is 14.6 Å². The van der Waals surface area contributed by atoms with Gasteiger partial charge in [-0.1, -0.05) is 22.0 Å². The van der Waals surface area contributed by atoms with Gasteiger partial charge in [-0.15, -0.1) is 0 Å². The number of pyridine rings is 1. The van der Waals surface area contributed by atoms with Crippen LogP contribution in [-0.4, -0.2) is 10.1 Å². The normalized spacial score (nSPS) is 19.7. The maximum absolute atomic E-state index is 5.99. The number of aromatic nitrogens is 1. The van der Waals surface area contributed by atoms with E-state index in [-0.39, 0.29) is 12.1 Å². The van der Waals surface area contributed by atoms with E-state index >= 15 is 0 Å². The minimum Gasteiger partial charge on any atom is -0.464 e. The Morgan fingerprint density at radius 3 is 2.65 bits per heavy atom. The third-order valence-electron chi connectivity index (χ3n) is 4.57. The highest BCUT2D eigenvalue weighted by molar-refractivity contribution is 9.10. The average molecular weight is 428 g/mol. The summed E-state index contributed by atoms with van der Waals surface area (Å²) >= 11 is 9.26. The summed E-state index contributed by atoms with van der Waals surface area (Å²) in [4.78, 5) is 6.66. The van der Waals surface area contributed by atoms with Gasteiger partial charge in [0.05, 0.1) is 11.7 Å². The lowest BCUT2D eigenvalue weighted by molar-refractivity contribution is 0.418. The van der Waals surface area contributed by atoms with E-state index < -0.39 is 0 Å². The predicted molar refractivity (Wildman–Crippen MR) is 110 cm³/mol. The Hall–Kier alpha value is -2.18. The first-order valence-electron chi connectivity index (χ1n) is 8.38. The Morgan fingerprint density at radius 2 is 2.00 bits per heavy atom. The number of nitrogens with zero attached hydrogens (tertiary/aromatic N) is 2. The quantitative estimate of drug-likeness (QED) is 0.579. The third-order valence-corrected chi connectivity index (χ3v) is 5.77. The van der Waals surface area contributed by atoms with Gasteiger partial charge in [-0.2, -0.15) is 0 Å². The van der Waals surface area contributed by atoms with E-state index in [0.717, 1.165) is 32.9 Å². The zero-order chi connectivity index (χ0) is 18.3. The van der Waals surface area contributed by atoms with E-state index in [1.165, 1.54) is 0 Å². The standard InChI is InChI=1S/C20H18BrN3OS/c1-12-11-14(7-8-15(12)21)24-19(17-9-6-13(2)25-17)18(23-20(24)26)16-5-3-4-10-22-16/h3-11,18-19H,1-2H3,(H,23,26). The molecule has 3 aromatic rings. The Balaban J connectivity index is 1.83. The summed E-state index contributed by atoms with van der Waals surface area (Å²) in [5.41, 5.74) is 3.12. The lowest BCUT2D eigenvalue weighted by Crippen LogP contribution is -2.29. The maximum atomic E-state index is 5.99. The van der Waals surface area contributed by atoms with E-state index in [1.54, 1.807) is 6.20 Å². The largest absolute Gasteiger partial charge is 0.464 e. The van der Waals surface area contributed by atoms with Gasteiger partial charge in [0.25, 0.3) is 0 Å². The molecule has 1 aromatic carbocycles. The molecular formula is C20H18BrN3OS. The zero-order valence-electron chi connectivity index (χ0n) is 14.4. The molecule has 1 aliphatic heterocycles. The predicted octanol–water partition coefficient (Wildman–Crippen LogP) is 5.23. The summed E-state index contributed by atoms with van der Waals surface area (Å²) < 4.78 is 7.07. The molecule has 2 atom stereocenters. The topological polar surface area (TPSA) is 41.3 Å². The van der Waals surface area contributed by atoms with Crippen LogP contribution in [0.2, 0.25) is 0 Å². The number of thiocarbonyl (C=S) groups is 1. The Bertz CT molecular complexity index is 957. The highest BCUT2D eigenvalue weighted by atomic mass is 79.9. The first kappa shape index (κ1) is 17.2. The van der Waals surface area contributed by atoms with Crippen molar-refractivity contribution in [3.63, 3.8) is 0 Å². The summed E-state index contributed by atoms with van der Waals surface area (Å²) in [5, 5.41) is 4.10. The molecule has 2 unspecified atom stereocenters. The van der Waals surface area contributed by atoms with Crippen LogP contribution in [0.25, 0.3) is 0 Å². The van der Waals surface area contributed by atoms with Crippen molar-refractivity contribution >= 4 is 38.9 Å². The van der Waals surface area contributed by atoms with Gasteiger partial charge in [0.1, 0.15) is 17.6 Å². The van der Waals surface area contributed by atoms with Crippen LogP contribution in [0.4, 0.5) is 5.69 Å². The molecule has 132 valence electrons. The van der Waals surface area contributed by atoms with Gasteiger partial charge >= 0.3 is 0 Å². The lowest BCUT2D eigenvalue weighted by atomic mass is 10.0. The number of hydrogen-bond acceptors (Lipinski definition) is 3. The average Bonchev–Trinajstić information content (AvgIpc) is 3.21. The number of hydrogen-bond donors (Lipinski definition) is 1. The first-order valence-corrected chi connectivity index (χ1v) is 9.58. The molecule has 3 heterocycles. The second-order valence-electron chi connectivity index (χ2n) is 6.38. The van der Waals surface area contributed by atoms with Crippen LogP contribution in [0.5, 0.6) is 0 Å². The maximum Gasteiger partial charge on any atom is 0.174 e. The Labute approximate surface area is 166 Å². The summed E-state index contributed by atoms with van der Waals surface area (Å²) in [7, 11) is 0. The van der Waals surface area contributed by atoms with Crippen LogP contribution in [0.3, 0.4) is 0 Å². The van der Waals surface area contributed by atoms with Crippen molar-refractivity contribution < 1.29 is 4.42 Å². The van der Waals surface area contributed by atoms with Crippen LogP contribution in [0.15, 0.2) is 63.6 Å². The van der Waals surface area contributed by atoms with Crippen LogP contribution < -0.4 is 10.2 Å². The minimum absolute atomic E-state index is 0.0850. The molecule has 1 N–H and O–H groups in total. The van der Waals surface area contributed by atoms with Crippen molar-refractivity contribution in [2.24, 2.45) is 0 Å². The molecule has 1 aliphatic rings.